The van der Waals surface area contributed by atoms with E-state index in [1.807, 2.05) is 6.07 Å². The molecule has 5 N–H and O–H groups in total. The Morgan fingerprint density at radius 1 is 1.37 bits per heavy atom. The van der Waals surface area contributed by atoms with Crippen molar-refractivity contribution in [3.8, 4) is 0 Å². The van der Waals surface area contributed by atoms with Crippen molar-refractivity contribution in [2.45, 2.75) is 12.5 Å². The SMILES string of the molecule is CCN1NC(C(N)=O)(c2ccccc2)C=C(N)C1=O. The summed E-state index contributed by atoms with van der Waals surface area (Å²) in [7, 11) is 0. The maximum Gasteiger partial charge on any atom is 0.283 e. The van der Waals surface area contributed by atoms with E-state index >= 15 is 0 Å². The summed E-state index contributed by atoms with van der Waals surface area (Å²) in [6, 6.07) is 8.92. The second-order valence-corrected chi connectivity index (χ2v) is 4.30. The van der Waals surface area contributed by atoms with Crippen molar-refractivity contribution in [2.24, 2.45) is 11.5 Å². The molecule has 100 valence electrons. The fraction of sp³-hybridized carbons (Fsp3) is 0.231. The molecule has 19 heavy (non-hydrogen) atoms. The molecule has 0 spiro atoms. The van der Waals surface area contributed by atoms with Gasteiger partial charge in [-0.2, -0.15) is 0 Å². The largest absolute Gasteiger partial charge is 0.394 e. The number of nitrogens with one attached hydrogen (secondary N) is 1. The molecule has 2 rings (SSSR count). The van der Waals surface area contributed by atoms with E-state index in [4.69, 9.17) is 11.5 Å². The molecule has 6 nitrogen and oxygen atoms in total. The molecule has 0 aliphatic carbocycles. The van der Waals surface area contributed by atoms with Gasteiger partial charge in [-0.05, 0) is 18.6 Å². The number of hydrogen-bond donors (Lipinski definition) is 3. The molecule has 0 fully saturated rings. The zero-order valence-corrected chi connectivity index (χ0v) is 10.6. The summed E-state index contributed by atoms with van der Waals surface area (Å²) in [6.45, 7) is 2.15. The highest BCUT2D eigenvalue weighted by Crippen LogP contribution is 2.27. The number of nitrogens with two attached hydrogens (primary N) is 2. The summed E-state index contributed by atoms with van der Waals surface area (Å²) in [6.07, 6.45) is 1.37. The van der Waals surface area contributed by atoms with Crippen LogP contribution in [0.4, 0.5) is 0 Å². The average Bonchev–Trinajstić information content (AvgIpc) is 2.42. The molecule has 0 aromatic heterocycles. The van der Waals surface area contributed by atoms with Crippen molar-refractivity contribution in [3.05, 3.63) is 47.7 Å². The Bertz CT molecular complexity index is 541. The van der Waals surface area contributed by atoms with Crippen LogP contribution in [0, 0.1) is 0 Å². The molecule has 1 aromatic rings. The summed E-state index contributed by atoms with van der Waals surface area (Å²) in [5, 5.41) is 1.28. The second kappa shape index (κ2) is 4.74. The van der Waals surface area contributed by atoms with Gasteiger partial charge in [-0.1, -0.05) is 30.3 Å². The van der Waals surface area contributed by atoms with Crippen LogP contribution in [0.1, 0.15) is 12.5 Å². The third-order valence-electron chi connectivity index (χ3n) is 3.11. The summed E-state index contributed by atoms with van der Waals surface area (Å²) < 4.78 is 0. The van der Waals surface area contributed by atoms with Crippen LogP contribution >= 0.6 is 0 Å². The molecule has 0 radical (unpaired) electrons. The topological polar surface area (TPSA) is 101 Å². The number of nitrogens with zero attached hydrogens (tertiary/aromatic N) is 1. The lowest BCUT2D eigenvalue weighted by Gasteiger charge is -2.39. The van der Waals surface area contributed by atoms with Gasteiger partial charge >= 0.3 is 0 Å². The number of hydrazine groups is 1. The zero-order valence-electron chi connectivity index (χ0n) is 10.6. The fourth-order valence-electron chi connectivity index (χ4n) is 2.09. The van der Waals surface area contributed by atoms with Crippen LogP contribution in [0.25, 0.3) is 0 Å². The van der Waals surface area contributed by atoms with Gasteiger partial charge in [-0.15, -0.1) is 0 Å². The monoisotopic (exact) mass is 260 g/mol. The molecular formula is C13H16N4O2. The molecule has 1 unspecified atom stereocenters. The van der Waals surface area contributed by atoms with Crippen molar-refractivity contribution in [1.82, 2.24) is 10.4 Å². The normalized spacial score (nSPS) is 23.1. The summed E-state index contributed by atoms with van der Waals surface area (Å²) in [4.78, 5) is 23.7. The van der Waals surface area contributed by atoms with Crippen molar-refractivity contribution < 1.29 is 9.59 Å². The molecule has 2 amide bonds. The minimum Gasteiger partial charge on any atom is -0.394 e. The van der Waals surface area contributed by atoms with E-state index in [1.165, 1.54) is 11.1 Å². The Labute approximate surface area is 111 Å². The predicted molar refractivity (Wildman–Crippen MR) is 70.1 cm³/mol. The molecule has 1 atom stereocenters. The summed E-state index contributed by atoms with van der Waals surface area (Å²) in [5.41, 5.74) is 13.4. The van der Waals surface area contributed by atoms with Gasteiger partial charge < -0.3 is 11.5 Å². The number of amides is 2. The van der Waals surface area contributed by atoms with Crippen LogP contribution in [0.5, 0.6) is 0 Å². The number of carbonyl (C=O) groups excluding carboxylic acids is 2. The van der Waals surface area contributed by atoms with Crippen LogP contribution in [0.2, 0.25) is 0 Å². The fourth-order valence-corrected chi connectivity index (χ4v) is 2.09. The van der Waals surface area contributed by atoms with Gasteiger partial charge in [0.1, 0.15) is 0 Å². The molecule has 0 saturated heterocycles. The summed E-state index contributed by atoms with van der Waals surface area (Å²) in [5.74, 6) is -0.983. The van der Waals surface area contributed by atoms with Gasteiger partial charge in [-0.3, -0.25) is 14.6 Å². The van der Waals surface area contributed by atoms with E-state index in [0.717, 1.165) is 0 Å². The van der Waals surface area contributed by atoms with Crippen molar-refractivity contribution >= 4 is 11.8 Å². The Morgan fingerprint density at radius 2 is 2.00 bits per heavy atom. The second-order valence-electron chi connectivity index (χ2n) is 4.30. The van der Waals surface area contributed by atoms with Gasteiger partial charge in [0.2, 0.25) is 5.91 Å². The Balaban J connectivity index is 2.59. The van der Waals surface area contributed by atoms with Gasteiger partial charge in [-0.25, -0.2) is 5.43 Å². The van der Waals surface area contributed by atoms with Crippen LogP contribution < -0.4 is 16.9 Å². The minimum absolute atomic E-state index is 0.00301. The maximum atomic E-state index is 11.9. The summed E-state index contributed by atoms with van der Waals surface area (Å²) >= 11 is 0. The van der Waals surface area contributed by atoms with E-state index in [0.29, 0.717) is 12.1 Å². The standard InChI is InChI=1S/C13H16N4O2/c1-2-17-11(18)10(14)8-13(16-17,12(15)19)9-6-4-3-5-7-9/h3-8,16H,2,14H2,1H3,(H2,15,19). The molecule has 1 aliphatic heterocycles. The van der Waals surface area contributed by atoms with Gasteiger partial charge in [0.25, 0.3) is 5.91 Å². The molecule has 0 saturated carbocycles. The highest BCUT2D eigenvalue weighted by molar-refractivity contribution is 5.98. The van der Waals surface area contributed by atoms with Crippen LogP contribution in [-0.4, -0.2) is 23.4 Å². The Kier molecular flexibility index (Phi) is 3.26. The molecule has 1 aliphatic rings. The third kappa shape index (κ3) is 2.06. The number of hydrogen-bond acceptors (Lipinski definition) is 4. The van der Waals surface area contributed by atoms with Crippen molar-refractivity contribution in [2.75, 3.05) is 6.54 Å². The van der Waals surface area contributed by atoms with E-state index < -0.39 is 11.4 Å². The van der Waals surface area contributed by atoms with Gasteiger partial charge in [0, 0.05) is 6.54 Å². The molecule has 6 heteroatoms. The maximum absolute atomic E-state index is 11.9. The van der Waals surface area contributed by atoms with E-state index in [-0.39, 0.29) is 11.6 Å². The lowest BCUT2D eigenvalue weighted by atomic mass is 9.87. The molecule has 0 bridgehead atoms. The van der Waals surface area contributed by atoms with Crippen molar-refractivity contribution in [3.63, 3.8) is 0 Å². The lowest BCUT2D eigenvalue weighted by molar-refractivity contribution is -0.137. The zero-order chi connectivity index (χ0) is 14.0. The number of likely N-dealkylation sites (N-methyl/N-ethyl adjacent to an activating group) is 1. The van der Waals surface area contributed by atoms with Gasteiger partial charge in [0.15, 0.2) is 5.54 Å². The van der Waals surface area contributed by atoms with Crippen LogP contribution in [0.3, 0.4) is 0 Å². The average molecular weight is 260 g/mol. The lowest BCUT2D eigenvalue weighted by Crippen LogP contribution is -2.63. The highest BCUT2D eigenvalue weighted by atomic mass is 16.2. The first-order chi connectivity index (χ1) is 9.01. The Morgan fingerprint density at radius 3 is 2.53 bits per heavy atom. The van der Waals surface area contributed by atoms with E-state index in [2.05, 4.69) is 5.43 Å². The minimum atomic E-state index is -1.30. The first kappa shape index (κ1) is 13.1. The first-order valence-electron chi connectivity index (χ1n) is 5.94. The van der Waals surface area contributed by atoms with Crippen LogP contribution in [-0.2, 0) is 15.1 Å². The van der Waals surface area contributed by atoms with E-state index in [1.54, 1.807) is 31.2 Å². The highest BCUT2D eigenvalue weighted by Gasteiger charge is 2.43. The first-order valence-corrected chi connectivity index (χ1v) is 5.94. The van der Waals surface area contributed by atoms with Crippen LogP contribution in [0.15, 0.2) is 42.1 Å². The predicted octanol–water partition coefficient (Wildman–Crippen LogP) is -0.423. The third-order valence-corrected chi connectivity index (χ3v) is 3.11. The molecular weight excluding hydrogens is 244 g/mol. The van der Waals surface area contributed by atoms with Gasteiger partial charge in [0.05, 0.1) is 5.70 Å². The smallest absolute Gasteiger partial charge is 0.283 e. The Hall–Kier alpha value is -2.34. The van der Waals surface area contributed by atoms with Crippen molar-refractivity contribution in [1.29, 1.82) is 0 Å². The molecule has 1 heterocycles. The number of carbonyl (C=O) groups is 2. The molecule has 1 aromatic carbocycles. The number of primary amides is 1. The number of rotatable bonds is 3. The number of benzene rings is 1. The van der Waals surface area contributed by atoms with E-state index in [9.17, 15) is 9.59 Å². The quantitative estimate of drug-likeness (QED) is 0.686.